The van der Waals surface area contributed by atoms with Gasteiger partial charge in [-0.2, -0.15) is 13.2 Å². The van der Waals surface area contributed by atoms with E-state index in [0.717, 1.165) is 12.1 Å². The summed E-state index contributed by atoms with van der Waals surface area (Å²) in [7, 11) is -2.25. The number of hydrogen-bond donors (Lipinski definition) is 4. The minimum Gasteiger partial charge on any atom is -0.457 e. The molecule has 3 aromatic rings. The number of benzene rings is 2. The quantitative estimate of drug-likeness (QED) is 0.285. The maximum atomic E-state index is 13.0. The SMILES string of the molecule is C[SH](C)(=O)CCNC(=O)c1cc(Oc2ccc(NC(=O)Nc3ccc(Cl)c(C(F)(F)F)c3)cc2)ccn1. The third-order valence-electron chi connectivity index (χ3n) is 4.78. The molecule has 0 bridgehead atoms. The molecule has 0 spiro atoms. The van der Waals surface area contributed by atoms with E-state index in [-0.39, 0.29) is 17.9 Å². The highest BCUT2D eigenvalue weighted by Gasteiger charge is 2.33. The number of rotatable bonds is 8. The molecule has 0 radical (unpaired) electrons. The van der Waals surface area contributed by atoms with Crippen LogP contribution in [0.4, 0.5) is 29.3 Å². The van der Waals surface area contributed by atoms with Crippen LogP contribution in [0.3, 0.4) is 0 Å². The molecule has 8 nitrogen and oxygen atoms in total. The summed E-state index contributed by atoms with van der Waals surface area (Å²) in [5.41, 5.74) is -0.651. The smallest absolute Gasteiger partial charge is 0.417 e. The van der Waals surface area contributed by atoms with E-state index in [9.17, 15) is 27.0 Å². The van der Waals surface area contributed by atoms with Gasteiger partial charge in [0.25, 0.3) is 5.91 Å². The highest BCUT2D eigenvalue weighted by Crippen LogP contribution is 2.36. The van der Waals surface area contributed by atoms with Crippen LogP contribution in [0.25, 0.3) is 0 Å². The summed E-state index contributed by atoms with van der Waals surface area (Å²) < 4.78 is 56.5. The molecule has 0 unspecified atom stereocenters. The number of anilines is 2. The molecule has 3 amide bonds. The summed E-state index contributed by atoms with van der Waals surface area (Å²) in [5, 5.41) is 7.02. The van der Waals surface area contributed by atoms with E-state index in [1.807, 2.05) is 0 Å². The molecular weight excluding hydrogens is 533 g/mol. The predicted molar refractivity (Wildman–Crippen MR) is 138 cm³/mol. The van der Waals surface area contributed by atoms with Crippen molar-refractivity contribution < 1.29 is 31.7 Å². The maximum Gasteiger partial charge on any atom is 0.417 e. The minimum absolute atomic E-state index is 0.0786. The summed E-state index contributed by atoms with van der Waals surface area (Å²) in [4.78, 5) is 28.5. The van der Waals surface area contributed by atoms with Crippen LogP contribution >= 0.6 is 11.6 Å². The zero-order valence-corrected chi connectivity index (χ0v) is 21.4. The first-order chi connectivity index (χ1) is 17.3. The van der Waals surface area contributed by atoms with Gasteiger partial charge < -0.3 is 20.7 Å². The number of pyridine rings is 1. The van der Waals surface area contributed by atoms with Crippen molar-refractivity contribution in [1.29, 1.82) is 0 Å². The fourth-order valence-corrected chi connectivity index (χ4v) is 3.86. The van der Waals surface area contributed by atoms with Crippen molar-refractivity contribution in [3.63, 3.8) is 0 Å². The largest absolute Gasteiger partial charge is 0.457 e. The Bertz CT molecular complexity index is 1330. The van der Waals surface area contributed by atoms with Crippen LogP contribution in [-0.2, 0) is 16.1 Å². The number of aromatic nitrogens is 1. The molecule has 0 fully saturated rings. The Balaban J connectivity index is 1.57. The molecule has 37 heavy (non-hydrogen) atoms. The number of hydrogen-bond acceptors (Lipinski definition) is 5. The third-order valence-corrected chi connectivity index (χ3v) is 6.41. The average molecular weight is 557 g/mol. The first-order valence-corrected chi connectivity index (χ1v) is 14.0. The molecule has 0 saturated heterocycles. The number of thiol groups is 1. The van der Waals surface area contributed by atoms with Crippen molar-refractivity contribution >= 4 is 44.8 Å². The summed E-state index contributed by atoms with van der Waals surface area (Å²) in [6, 6.07) is 11.5. The Morgan fingerprint density at radius 3 is 2.27 bits per heavy atom. The van der Waals surface area contributed by atoms with Crippen molar-refractivity contribution in [2.45, 2.75) is 6.18 Å². The summed E-state index contributed by atoms with van der Waals surface area (Å²) in [5.74, 6) is 0.696. The summed E-state index contributed by atoms with van der Waals surface area (Å²) >= 11 is 5.59. The van der Waals surface area contributed by atoms with Crippen LogP contribution in [0.2, 0.25) is 5.02 Å². The van der Waals surface area contributed by atoms with Crippen molar-refractivity contribution in [3.05, 3.63) is 77.1 Å². The van der Waals surface area contributed by atoms with Gasteiger partial charge in [0.1, 0.15) is 17.2 Å². The highest BCUT2D eigenvalue weighted by atomic mass is 35.5. The molecule has 198 valence electrons. The summed E-state index contributed by atoms with van der Waals surface area (Å²) in [6.45, 7) is 0.263. The van der Waals surface area contributed by atoms with E-state index in [1.165, 1.54) is 30.5 Å². The van der Waals surface area contributed by atoms with Crippen molar-refractivity contribution in [2.24, 2.45) is 0 Å². The first-order valence-electron chi connectivity index (χ1n) is 10.8. The molecule has 0 aliphatic rings. The maximum absolute atomic E-state index is 13.0. The second-order valence-electron chi connectivity index (χ2n) is 8.33. The monoisotopic (exact) mass is 556 g/mol. The highest BCUT2D eigenvalue weighted by molar-refractivity contribution is 8.01. The van der Waals surface area contributed by atoms with E-state index >= 15 is 0 Å². The Morgan fingerprint density at radius 2 is 1.62 bits per heavy atom. The van der Waals surface area contributed by atoms with E-state index in [2.05, 4.69) is 20.9 Å². The predicted octanol–water partition coefficient (Wildman–Crippen LogP) is 5.20. The first kappa shape index (κ1) is 27.9. The number of amides is 3. The number of ether oxygens (including phenoxy) is 1. The zero-order valence-electron chi connectivity index (χ0n) is 19.7. The van der Waals surface area contributed by atoms with Gasteiger partial charge in [-0.15, -0.1) is 9.93 Å². The van der Waals surface area contributed by atoms with E-state index in [0.29, 0.717) is 22.9 Å². The van der Waals surface area contributed by atoms with Crippen molar-refractivity contribution in [1.82, 2.24) is 10.3 Å². The number of alkyl halides is 3. The number of carbonyl (C=O) groups excluding carboxylic acids is 2. The van der Waals surface area contributed by atoms with Gasteiger partial charge in [-0.05, 0) is 61.0 Å². The third kappa shape index (κ3) is 8.76. The Kier molecular flexibility index (Phi) is 8.77. The molecule has 1 aromatic heterocycles. The standard InChI is InChI=1S/C24H24ClF3N4O4S/c1-37(2,35)12-11-30-22(33)21-14-18(9-10-29-21)36-17-6-3-15(4-7-17)31-23(34)32-16-5-8-20(25)19(13-16)24(26,27)28/h3-10,13-14,37H,11-12H2,1-2H3,(H,30,33)(H2,31,32,34). The van der Waals surface area contributed by atoms with E-state index < -0.39 is 38.6 Å². The van der Waals surface area contributed by atoms with Gasteiger partial charge in [-0.3, -0.25) is 14.0 Å². The topological polar surface area (TPSA) is 109 Å². The van der Waals surface area contributed by atoms with Gasteiger partial charge in [0.15, 0.2) is 0 Å². The van der Waals surface area contributed by atoms with Gasteiger partial charge in [0.2, 0.25) is 0 Å². The molecular formula is C24H24ClF3N4O4S. The van der Waals surface area contributed by atoms with Gasteiger partial charge in [-0.25, -0.2) is 4.79 Å². The molecule has 3 rings (SSSR count). The molecule has 2 aromatic carbocycles. The number of halogens is 4. The lowest BCUT2D eigenvalue weighted by Crippen LogP contribution is -2.31. The Labute approximate surface area is 217 Å². The second-order valence-corrected chi connectivity index (χ2v) is 12.3. The number of nitrogens with one attached hydrogen (secondary N) is 3. The second kappa shape index (κ2) is 11.6. The van der Waals surface area contributed by atoms with Crippen LogP contribution in [0.1, 0.15) is 16.1 Å². The molecule has 0 aliphatic carbocycles. The molecule has 0 aliphatic heterocycles. The molecule has 0 atom stereocenters. The van der Waals surface area contributed by atoms with Crippen LogP contribution in [0.5, 0.6) is 11.5 Å². The Morgan fingerprint density at radius 1 is 0.973 bits per heavy atom. The van der Waals surface area contributed by atoms with Gasteiger partial charge in [0, 0.05) is 35.9 Å². The molecule has 13 heteroatoms. The van der Waals surface area contributed by atoms with Crippen molar-refractivity contribution in [2.75, 3.05) is 35.4 Å². The normalized spacial score (nSPS) is 11.9. The minimum atomic E-state index is -4.66. The van der Waals surface area contributed by atoms with Gasteiger partial charge in [0.05, 0.1) is 10.6 Å². The Hall–Kier alpha value is -3.64. The fraction of sp³-hybridized carbons (Fsp3) is 0.208. The van der Waals surface area contributed by atoms with Crippen LogP contribution in [0, 0.1) is 0 Å². The number of carbonyl (C=O) groups is 2. The van der Waals surface area contributed by atoms with Crippen LogP contribution in [-0.4, -0.2) is 45.9 Å². The fourth-order valence-electron chi connectivity index (χ4n) is 2.98. The average Bonchev–Trinajstić information content (AvgIpc) is 2.80. The molecule has 1 heterocycles. The van der Waals surface area contributed by atoms with E-state index in [4.69, 9.17) is 16.3 Å². The lowest BCUT2D eigenvalue weighted by molar-refractivity contribution is -0.137. The molecule has 0 saturated carbocycles. The number of urea groups is 1. The van der Waals surface area contributed by atoms with Gasteiger partial charge in [-0.1, -0.05) is 11.6 Å². The summed E-state index contributed by atoms with van der Waals surface area (Å²) in [6.07, 6.45) is 0.0456. The molecule has 3 N–H and O–H groups in total. The van der Waals surface area contributed by atoms with Crippen molar-refractivity contribution in [3.8, 4) is 11.5 Å². The van der Waals surface area contributed by atoms with E-state index in [1.54, 1.807) is 30.7 Å². The van der Waals surface area contributed by atoms with Crippen LogP contribution < -0.4 is 20.7 Å². The number of nitrogens with zero attached hydrogens (tertiary/aromatic N) is 1. The van der Waals surface area contributed by atoms with Crippen LogP contribution in [0.15, 0.2) is 60.8 Å². The van der Waals surface area contributed by atoms with Gasteiger partial charge >= 0.3 is 12.2 Å². The lowest BCUT2D eigenvalue weighted by Gasteiger charge is -2.13. The lowest BCUT2D eigenvalue weighted by atomic mass is 10.2. The zero-order chi connectivity index (χ0) is 27.2.